The van der Waals surface area contributed by atoms with Crippen LogP contribution in [0.25, 0.3) is 0 Å². The zero-order chi connectivity index (χ0) is 17.4. The van der Waals surface area contributed by atoms with E-state index in [1.54, 1.807) is 30.3 Å². The molecule has 0 bridgehead atoms. The molecule has 0 unspecified atom stereocenters. The predicted molar refractivity (Wildman–Crippen MR) is 73.8 cm³/mol. The van der Waals surface area contributed by atoms with Gasteiger partial charge in [0, 0.05) is 0 Å². The summed E-state index contributed by atoms with van der Waals surface area (Å²) < 4.78 is 0. The van der Waals surface area contributed by atoms with Crippen molar-refractivity contribution in [1.29, 1.82) is 0 Å². The number of carbonyl (C=O) groups is 4. The Balaban J connectivity index is 2.70. The Morgan fingerprint density at radius 2 is 1.09 bits per heavy atom. The molecule has 0 spiro atoms. The van der Waals surface area contributed by atoms with Crippen LogP contribution in [0.3, 0.4) is 0 Å². The van der Waals surface area contributed by atoms with Crippen LogP contribution in [-0.2, 0) is 19.2 Å². The van der Waals surface area contributed by atoms with Crippen molar-refractivity contribution < 1.29 is 39.6 Å². The van der Waals surface area contributed by atoms with Crippen LogP contribution in [0, 0.1) is 10.8 Å². The zero-order valence-corrected chi connectivity index (χ0v) is 11.8. The van der Waals surface area contributed by atoms with Gasteiger partial charge < -0.3 is 20.4 Å². The van der Waals surface area contributed by atoms with Gasteiger partial charge in [-0.3, -0.25) is 19.2 Å². The van der Waals surface area contributed by atoms with Crippen molar-refractivity contribution in [1.82, 2.24) is 0 Å². The monoisotopic (exact) mass is 322 g/mol. The standard InChI is InChI=1S/C15H14O8/c16-10(17)14(11(18)19)6-9(8-4-2-1-3-5-8)7-15(14,12(20)21)13(22)23/h1-5,9H,6-7H2,(H,16,17)(H,18,19)(H,20,21)(H,22,23). The van der Waals surface area contributed by atoms with E-state index in [2.05, 4.69) is 0 Å². The van der Waals surface area contributed by atoms with Gasteiger partial charge in [0.15, 0.2) is 10.8 Å². The summed E-state index contributed by atoms with van der Waals surface area (Å²) in [6, 6.07) is 8.10. The van der Waals surface area contributed by atoms with Crippen LogP contribution in [0.2, 0.25) is 0 Å². The highest BCUT2D eigenvalue weighted by Gasteiger charge is 2.75. The van der Waals surface area contributed by atoms with Gasteiger partial charge in [-0.25, -0.2) is 0 Å². The molecule has 0 saturated heterocycles. The van der Waals surface area contributed by atoms with Gasteiger partial charge in [-0.15, -0.1) is 0 Å². The molecule has 2 rings (SSSR count). The number of benzene rings is 1. The molecule has 1 aliphatic carbocycles. The number of carboxylic acid groups (broad SMARTS) is 4. The molecule has 8 heteroatoms. The lowest BCUT2D eigenvalue weighted by molar-refractivity contribution is -0.191. The number of hydrogen-bond donors (Lipinski definition) is 4. The molecule has 122 valence electrons. The molecule has 0 atom stereocenters. The minimum atomic E-state index is -2.94. The second-order valence-corrected chi connectivity index (χ2v) is 5.55. The number of carboxylic acids is 4. The highest BCUT2D eigenvalue weighted by atomic mass is 16.4. The van der Waals surface area contributed by atoms with E-state index >= 15 is 0 Å². The molecule has 0 radical (unpaired) electrons. The lowest BCUT2D eigenvalue weighted by Gasteiger charge is -2.32. The van der Waals surface area contributed by atoms with Crippen LogP contribution in [0.15, 0.2) is 30.3 Å². The molecule has 0 amide bonds. The third-order valence-electron chi connectivity index (χ3n) is 4.57. The van der Waals surface area contributed by atoms with E-state index in [1.165, 1.54) is 0 Å². The molecule has 0 aliphatic heterocycles. The lowest BCUT2D eigenvalue weighted by Crippen LogP contribution is -2.57. The van der Waals surface area contributed by atoms with E-state index in [0.717, 1.165) is 0 Å². The number of aliphatic carboxylic acids is 4. The van der Waals surface area contributed by atoms with E-state index in [4.69, 9.17) is 0 Å². The van der Waals surface area contributed by atoms with E-state index in [1.807, 2.05) is 0 Å². The van der Waals surface area contributed by atoms with Crippen molar-refractivity contribution in [2.75, 3.05) is 0 Å². The molecule has 1 aliphatic rings. The van der Waals surface area contributed by atoms with Crippen LogP contribution in [0.4, 0.5) is 0 Å². The molecule has 8 nitrogen and oxygen atoms in total. The first-order chi connectivity index (χ1) is 10.7. The van der Waals surface area contributed by atoms with E-state index in [9.17, 15) is 39.6 Å². The summed E-state index contributed by atoms with van der Waals surface area (Å²) in [5.74, 6) is -8.67. The van der Waals surface area contributed by atoms with E-state index in [0.29, 0.717) is 5.56 Å². The SMILES string of the molecule is O=C(O)C1(C(=O)O)CC(c2ccccc2)CC1(C(=O)O)C(=O)O. The largest absolute Gasteiger partial charge is 0.480 e. The summed E-state index contributed by atoms with van der Waals surface area (Å²) in [7, 11) is 0. The number of rotatable bonds is 5. The predicted octanol–water partition coefficient (Wildman–Crippen LogP) is 0.875. The second kappa shape index (κ2) is 5.38. The summed E-state index contributed by atoms with van der Waals surface area (Å²) in [5, 5.41) is 37.7. The maximum absolute atomic E-state index is 11.7. The van der Waals surface area contributed by atoms with Crippen molar-refractivity contribution >= 4 is 23.9 Å². The molecular formula is C15H14O8. The molecule has 1 fully saturated rings. The third kappa shape index (κ3) is 2.06. The quantitative estimate of drug-likeness (QED) is 0.583. The summed E-state index contributed by atoms with van der Waals surface area (Å²) in [6.07, 6.45) is -1.22. The fourth-order valence-corrected chi connectivity index (χ4v) is 3.38. The molecule has 0 aromatic heterocycles. The summed E-state index contributed by atoms with van der Waals surface area (Å²) in [6.45, 7) is 0. The summed E-state index contributed by atoms with van der Waals surface area (Å²) in [4.78, 5) is 46.6. The highest BCUT2D eigenvalue weighted by Crippen LogP contribution is 2.59. The maximum atomic E-state index is 11.7. The first-order valence-corrected chi connectivity index (χ1v) is 6.68. The first-order valence-electron chi connectivity index (χ1n) is 6.68. The van der Waals surface area contributed by atoms with E-state index in [-0.39, 0.29) is 0 Å². The van der Waals surface area contributed by atoms with Crippen molar-refractivity contribution in [3.63, 3.8) is 0 Å². The van der Waals surface area contributed by atoms with Gasteiger partial charge in [0.1, 0.15) is 0 Å². The second-order valence-electron chi connectivity index (χ2n) is 5.55. The molecule has 4 N–H and O–H groups in total. The molecule has 1 aromatic carbocycles. The van der Waals surface area contributed by atoms with Gasteiger partial charge in [-0.2, -0.15) is 0 Å². The van der Waals surface area contributed by atoms with Crippen LogP contribution in [0.1, 0.15) is 24.3 Å². The van der Waals surface area contributed by atoms with Crippen molar-refractivity contribution in [3.8, 4) is 0 Å². The fourth-order valence-electron chi connectivity index (χ4n) is 3.38. The van der Waals surface area contributed by atoms with E-state index < -0.39 is 53.5 Å². The van der Waals surface area contributed by atoms with Crippen molar-refractivity contribution in [2.24, 2.45) is 10.8 Å². The minimum Gasteiger partial charge on any atom is -0.480 e. The lowest BCUT2D eigenvalue weighted by atomic mass is 9.65. The average molecular weight is 322 g/mol. The Bertz CT molecular complexity index is 610. The molecule has 1 saturated carbocycles. The first kappa shape index (κ1) is 16.5. The van der Waals surface area contributed by atoms with Crippen molar-refractivity contribution in [3.05, 3.63) is 35.9 Å². The van der Waals surface area contributed by atoms with Crippen LogP contribution in [0.5, 0.6) is 0 Å². The summed E-state index contributed by atoms with van der Waals surface area (Å²) in [5.41, 5.74) is -5.38. The molecule has 0 heterocycles. The Morgan fingerprint density at radius 1 is 0.739 bits per heavy atom. The third-order valence-corrected chi connectivity index (χ3v) is 4.57. The number of hydrogen-bond acceptors (Lipinski definition) is 4. The van der Waals surface area contributed by atoms with Crippen LogP contribution in [-0.4, -0.2) is 44.3 Å². The highest BCUT2D eigenvalue weighted by molar-refractivity contribution is 6.13. The fraction of sp³-hybridized carbons (Fsp3) is 0.333. The smallest absolute Gasteiger partial charge is 0.322 e. The zero-order valence-electron chi connectivity index (χ0n) is 11.8. The molecular weight excluding hydrogens is 308 g/mol. The maximum Gasteiger partial charge on any atom is 0.322 e. The van der Waals surface area contributed by atoms with Gasteiger partial charge in [0.2, 0.25) is 0 Å². The van der Waals surface area contributed by atoms with Crippen molar-refractivity contribution in [2.45, 2.75) is 18.8 Å². The van der Waals surface area contributed by atoms with Gasteiger partial charge >= 0.3 is 23.9 Å². The van der Waals surface area contributed by atoms with Crippen LogP contribution < -0.4 is 0 Å². The minimum absolute atomic E-state index is 0.503. The Kier molecular flexibility index (Phi) is 3.85. The van der Waals surface area contributed by atoms with Crippen LogP contribution >= 0.6 is 0 Å². The van der Waals surface area contributed by atoms with Gasteiger partial charge in [-0.1, -0.05) is 30.3 Å². The summed E-state index contributed by atoms with van der Waals surface area (Å²) >= 11 is 0. The Morgan fingerprint density at radius 3 is 1.39 bits per heavy atom. The Labute approximate surface area is 130 Å². The molecule has 23 heavy (non-hydrogen) atoms. The average Bonchev–Trinajstić information content (AvgIpc) is 2.86. The Hall–Kier alpha value is -2.90. The van der Waals surface area contributed by atoms with Gasteiger partial charge in [-0.05, 0) is 24.3 Å². The van der Waals surface area contributed by atoms with Gasteiger partial charge in [0.25, 0.3) is 0 Å². The normalized spacial score (nSPS) is 19.1. The molecule has 1 aromatic rings. The topological polar surface area (TPSA) is 149 Å². The van der Waals surface area contributed by atoms with Gasteiger partial charge in [0.05, 0.1) is 0 Å².